The highest BCUT2D eigenvalue weighted by atomic mass is 16.6. The average molecular weight is 199 g/mol. The molecule has 0 unspecified atom stereocenters. The van der Waals surface area contributed by atoms with Crippen LogP contribution in [0.1, 0.15) is 26.6 Å². The summed E-state index contributed by atoms with van der Waals surface area (Å²) in [6.45, 7) is 1.52. The van der Waals surface area contributed by atoms with Crippen LogP contribution in [0.3, 0.4) is 0 Å². The highest BCUT2D eigenvalue weighted by Gasteiger charge is 2.23. The fourth-order valence-corrected chi connectivity index (χ4v) is 0.906. The molecule has 0 aliphatic carbocycles. The van der Waals surface area contributed by atoms with E-state index < -0.39 is 11.9 Å². The van der Waals surface area contributed by atoms with E-state index in [9.17, 15) is 9.59 Å². The molecule has 14 heavy (non-hydrogen) atoms. The summed E-state index contributed by atoms with van der Waals surface area (Å²) in [5.74, 6) is -1.42. The Balaban J connectivity index is 3.08. The molecule has 1 heterocycles. The second kappa shape index (κ2) is 3.91. The minimum absolute atomic E-state index is 0.0205. The number of hydrogen-bond donors (Lipinski definition) is 0. The number of nitrogens with zero attached hydrogens (tertiary/aromatic N) is 1. The molecule has 0 radical (unpaired) electrons. The van der Waals surface area contributed by atoms with Gasteiger partial charge in [-0.25, -0.2) is 9.59 Å². The van der Waals surface area contributed by atoms with Crippen molar-refractivity contribution in [2.24, 2.45) is 0 Å². The quantitative estimate of drug-likeness (QED) is 0.647. The Morgan fingerprint density at radius 3 is 2.29 bits per heavy atom. The first kappa shape index (κ1) is 10.2. The smallest absolute Gasteiger partial charge is 0.377 e. The van der Waals surface area contributed by atoms with Crippen LogP contribution in [0.15, 0.2) is 4.52 Å². The molecule has 0 amide bonds. The molecule has 1 aromatic rings. The van der Waals surface area contributed by atoms with E-state index in [1.807, 2.05) is 0 Å². The van der Waals surface area contributed by atoms with Crippen molar-refractivity contribution in [3.63, 3.8) is 0 Å². The van der Waals surface area contributed by atoms with Gasteiger partial charge in [0, 0.05) is 5.56 Å². The molecule has 6 heteroatoms. The number of hydrogen-bond acceptors (Lipinski definition) is 6. The van der Waals surface area contributed by atoms with Crippen molar-refractivity contribution in [1.29, 1.82) is 0 Å². The Hall–Kier alpha value is -1.85. The van der Waals surface area contributed by atoms with E-state index in [1.165, 1.54) is 21.1 Å². The zero-order valence-corrected chi connectivity index (χ0v) is 7.99. The zero-order valence-electron chi connectivity index (χ0n) is 7.99. The van der Waals surface area contributed by atoms with Crippen molar-refractivity contribution in [3.05, 3.63) is 17.0 Å². The van der Waals surface area contributed by atoms with Crippen molar-refractivity contribution in [3.8, 4) is 0 Å². The first-order chi connectivity index (χ1) is 6.61. The van der Waals surface area contributed by atoms with Crippen LogP contribution in [0, 0.1) is 6.92 Å². The second-order valence-electron chi connectivity index (χ2n) is 2.47. The lowest BCUT2D eigenvalue weighted by molar-refractivity contribution is 0.0546. The molecule has 0 bridgehead atoms. The molecule has 0 spiro atoms. The topological polar surface area (TPSA) is 78.6 Å². The number of esters is 2. The van der Waals surface area contributed by atoms with E-state index in [0.29, 0.717) is 5.56 Å². The van der Waals surface area contributed by atoms with Crippen molar-refractivity contribution in [2.45, 2.75) is 6.92 Å². The van der Waals surface area contributed by atoms with Crippen molar-refractivity contribution in [2.75, 3.05) is 14.2 Å². The average Bonchev–Trinajstić information content (AvgIpc) is 2.58. The van der Waals surface area contributed by atoms with Crippen LogP contribution < -0.4 is 0 Å². The number of aromatic nitrogens is 1. The van der Waals surface area contributed by atoms with E-state index in [4.69, 9.17) is 0 Å². The molecule has 0 saturated heterocycles. The van der Waals surface area contributed by atoms with Gasteiger partial charge in [0.1, 0.15) is 0 Å². The standard InChI is InChI=1S/C8H9NO5/c1-4-5(7(10)12-2)9-14-6(4)8(11)13-3/h1-3H3. The van der Waals surface area contributed by atoms with Gasteiger partial charge in [0.15, 0.2) is 5.69 Å². The van der Waals surface area contributed by atoms with Gasteiger partial charge in [0.05, 0.1) is 14.2 Å². The zero-order chi connectivity index (χ0) is 10.7. The normalized spacial score (nSPS) is 9.64. The van der Waals surface area contributed by atoms with Crippen LogP contribution in [-0.2, 0) is 9.47 Å². The minimum atomic E-state index is -0.676. The number of carbonyl (C=O) groups excluding carboxylic acids is 2. The Morgan fingerprint density at radius 2 is 1.79 bits per heavy atom. The molecular weight excluding hydrogens is 190 g/mol. The third-order valence-electron chi connectivity index (χ3n) is 1.67. The summed E-state index contributed by atoms with van der Waals surface area (Å²) in [6.07, 6.45) is 0. The van der Waals surface area contributed by atoms with E-state index in [-0.39, 0.29) is 11.5 Å². The van der Waals surface area contributed by atoms with Crippen LogP contribution in [0.2, 0.25) is 0 Å². The van der Waals surface area contributed by atoms with Gasteiger partial charge in [-0.05, 0) is 6.92 Å². The molecule has 0 N–H and O–H groups in total. The number of carbonyl (C=O) groups is 2. The first-order valence-corrected chi connectivity index (χ1v) is 3.74. The van der Waals surface area contributed by atoms with E-state index in [1.54, 1.807) is 0 Å². The molecule has 0 aliphatic heterocycles. The Kier molecular flexibility index (Phi) is 2.85. The SMILES string of the molecule is COC(=O)c1noc(C(=O)OC)c1C. The molecule has 76 valence electrons. The summed E-state index contributed by atoms with van der Waals surface area (Å²) < 4.78 is 13.5. The lowest BCUT2D eigenvalue weighted by Gasteiger charge is -1.94. The van der Waals surface area contributed by atoms with Crippen molar-refractivity contribution in [1.82, 2.24) is 5.16 Å². The maximum atomic E-state index is 11.1. The fourth-order valence-electron chi connectivity index (χ4n) is 0.906. The third-order valence-corrected chi connectivity index (χ3v) is 1.67. The minimum Gasteiger partial charge on any atom is -0.464 e. The van der Waals surface area contributed by atoms with Gasteiger partial charge in [0.25, 0.3) is 0 Å². The van der Waals surface area contributed by atoms with Crippen LogP contribution >= 0.6 is 0 Å². The summed E-state index contributed by atoms with van der Waals surface area (Å²) in [4.78, 5) is 22.1. The summed E-state index contributed by atoms with van der Waals surface area (Å²) >= 11 is 0. The largest absolute Gasteiger partial charge is 0.464 e. The first-order valence-electron chi connectivity index (χ1n) is 3.74. The maximum Gasteiger partial charge on any atom is 0.377 e. The predicted molar refractivity (Wildman–Crippen MR) is 43.9 cm³/mol. The summed E-state index contributed by atoms with van der Waals surface area (Å²) in [6, 6.07) is 0. The summed E-state index contributed by atoms with van der Waals surface area (Å²) in [5, 5.41) is 3.41. The molecule has 0 aromatic carbocycles. The highest BCUT2D eigenvalue weighted by molar-refractivity contribution is 5.94. The van der Waals surface area contributed by atoms with Crippen LogP contribution in [0.25, 0.3) is 0 Å². The lowest BCUT2D eigenvalue weighted by Crippen LogP contribution is -2.05. The van der Waals surface area contributed by atoms with Gasteiger partial charge in [-0.3, -0.25) is 0 Å². The van der Waals surface area contributed by atoms with Crippen LogP contribution in [0.5, 0.6) is 0 Å². The predicted octanol–water partition coefficient (Wildman–Crippen LogP) is 0.556. The second-order valence-corrected chi connectivity index (χ2v) is 2.47. The van der Waals surface area contributed by atoms with Crippen molar-refractivity contribution >= 4 is 11.9 Å². The molecule has 6 nitrogen and oxygen atoms in total. The van der Waals surface area contributed by atoms with Gasteiger partial charge < -0.3 is 14.0 Å². The number of methoxy groups -OCH3 is 2. The molecule has 0 aliphatic rings. The van der Waals surface area contributed by atoms with Crippen LogP contribution in [0.4, 0.5) is 0 Å². The molecule has 0 fully saturated rings. The molecule has 0 atom stereocenters. The third kappa shape index (κ3) is 1.59. The van der Waals surface area contributed by atoms with E-state index in [2.05, 4.69) is 19.2 Å². The monoisotopic (exact) mass is 199 g/mol. The van der Waals surface area contributed by atoms with Crippen LogP contribution in [-0.4, -0.2) is 31.3 Å². The summed E-state index contributed by atoms with van der Waals surface area (Å²) in [5.41, 5.74) is 0.289. The van der Waals surface area contributed by atoms with Gasteiger partial charge in [-0.15, -0.1) is 0 Å². The molecule has 1 aromatic heterocycles. The van der Waals surface area contributed by atoms with Gasteiger partial charge >= 0.3 is 11.9 Å². The Bertz CT molecular complexity index is 334. The van der Waals surface area contributed by atoms with Gasteiger partial charge in [-0.2, -0.15) is 0 Å². The van der Waals surface area contributed by atoms with Gasteiger partial charge in [-0.1, -0.05) is 5.16 Å². The molecule has 0 saturated carbocycles. The molecular formula is C8H9NO5. The Labute approximate surface area is 79.8 Å². The van der Waals surface area contributed by atoms with Gasteiger partial charge in [0.2, 0.25) is 5.76 Å². The van der Waals surface area contributed by atoms with E-state index >= 15 is 0 Å². The summed E-state index contributed by atoms with van der Waals surface area (Å²) in [7, 11) is 2.43. The lowest BCUT2D eigenvalue weighted by atomic mass is 10.2. The Morgan fingerprint density at radius 1 is 1.21 bits per heavy atom. The number of rotatable bonds is 2. The molecule has 1 rings (SSSR count). The fraction of sp³-hybridized carbons (Fsp3) is 0.375. The van der Waals surface area contributed by atoms with E-state index in [0.717, 1.165) is 0 Å². The maximum absolute atomic E-state index is 11.1. The van der Waals surface area contributed by atoms with Crippen molar-refractivity contribution < 1.29 is 23.6 Å². The number of ether oxygens (including phenoxy) is 2. The highest BCUT2D eigenvalue weighted by Crippen LogP contribution is 2.14.